The number of nitriles is 1. The molecule has 1 aliphatic heterocycles. The first-order valence-electron chi connectivity index (χ1n) is 10.2. The molecule has 1 amide bonds. The highest BCUT2D eigenvalue weighted by atomic mass is 32.2. The number of ether oxygens (including phenoxy) is 2. The number of carbonyl (C=O) groups is 1. The van der Waals surface area contributed by atoms with Gasteiger partial charge in [0.25, 0.3) is 10.0 Å². The molecule has 2 aromatic carbocycles. The number of amides is 1. The molecule has 10 heteroatoms. The number of carbonyl (C=O) groups excluding carboxylic acids is 1. The molecule has 0 fully saturated rings. The third-order valence-corrected chi connectivity index (χ3v) is 6.76. The number of hydrogen-bond acceptors (Lipinski definition) is 6. The first-order chi connectivity index (χ1) is 15.2. The average Bonchev–Trinajstić information content (AvgIpc) is 2.71. The van der Waals surface area contributed by atoms with Gasteiger partial charge in [-0.15, -0.1) is 0 Å². The lowest BCUT2D eigenvalue weighted by atomic mass is 9.87. The predicted molar refractivity (Wildman–Crippen MR) is 121 cm³/mol. The van der Waals surface area contributed by atoms with E-state index < -0.39 is 39.1 Å². The normalized spacial score (nSPS) is 16.3. The first-order valence-corrected chi connectivity index (χ1v) is 11.7. The van der Waals surface area contributed by atoms with Crippen molar-refractivity contribution >= 4 is 27.5 Å². The first kappa shape index (κ1) is 24.3. The highest BCUT2D eigenvalue weighted by Crippen LogP contribution is 2.42. The quantitative estimate of drug-likeness (QED) is 0.688. The lowest BCUT2D eigenvalue weighted by molar-refractivity contribution is 0.0636. The van der Waals surface area contributed by atoms with Crippen LogP contribution in [0.15, 0.2) is 47.4 Å². The Hall–Kier alpha value is -3.32. The van der Waals surface area contributed by atoms with Gasteiger partial charge in [-0.05, 0) is 77.1 Å². The van der Waals surface area contributed by atoms with Crippen LogP contribution in [0.1, 0.15) is 34.6 Å². The van der Waals surface area contributed by atoms with E-state index in [1.54, 1.807) is 40.7 Å². The second-order valence-corrected chi connectivity index (χ2v) is 11.1. The van der Waals surface area contributed by atoms with Crippen LogP contribution in [0.4, 0.5) is 20.6 Å². The summed E-state index contributed by atoms with van der Waals surface area (Å²) in [6, 6.07) is 11.1. The van der Waals surface area contributed by atoms with Crippen LogP contribution in [0.25, 0.3) is 0 Å². The van der Waals surface area contributed by atoms with Gasteiger partial charge in [-0.3, -0.25) is 9.62 Å². The molecule has 0 bridgehead atoms. The monoisotopic (exact) mass is 475 g/mol. The average molecular weight is 476 g/mol. The summed E-state index contributed by atoms with van der Waals surface area (Å²) < 4.78 is 52.7. The smallest absolute Gasteiger partial charge is 0.412 e. The number of sulfonamides is 1. The van der Waals surface area contributed by atoms with Crippen LogP contribution < -0.4 is 14.4 Å². The molecule has 0 saturated carbocycles. The van der Waals surface area contributed by atoms with Gasteiger partial charge in [0.2, 0.25) is 0 Å². The van der Waals surface area contributed by atoms with E-state index in [0.717, 1.165) is 16.4 Å². The van der Waals surface area contributed by atoms with Crippen molar-refractivity contribution in [3.8, 4) is 11.8 Å². The van der Waals surface area contributed by atoms with E-state index in [9.17, 15) is 22.9 Å². The molecular formula is C23H26FN3O5S. The standard InChI is InChI=1S/C23H26FN3O5S/c1-22(2,3)32-21(28)26-16-8-11-19-18(12-16)27(13-20(31-19)23(4,5)14-25)33(29,30)17-9-6-15(24)7-10-17/h6-12,20H,13H2,1-5H3,(H,26,28). The highest BCUT2D eigenvalue weighted by molar-refractivity contribution is 7.92. The molecule has 1 atom stereocenters. The van der Waals surface area contributed by atoms with Gasteiger partial charge in [0.05, 0.1) is 28.6 Å². The summed E-state index contributed by atoms with van der Waals surface area (Å²) in [5, 5.41) is 12.1. The number of anilines is 2. The van der Waals surface area contributed by atoms with Crippen molar-refractivity contribution in [2.45, 2.75) is 51.2 Å². The Morgan fingerprint density at radius 1 is 1.18 bits per heavy atom. The topological polar surface area (TPSA) is 109 Å². The van der Waals surface area contributed by atoms with Crippen molar-refractivity contribution in [2.75, 3.05) is 16.2 Å². The molecule has 0 radical (unpaired) electrons. The van der Waals surface area contributed by atoms with Crippen LogP contribution >= 0.6 is 0 Å². The fraction of sp³-hybridized carbons (Fsp3) is 0.391. The van der Waals surface area contributed by atoms with E-state index in [1.807, 2.05) is 0 Å². The zero-order chi connectivity index (χ0) is 24.6. The number of nitrogens with zero attached hydrogens (tertiary/aromatic N) is 2. The Bertz CT molecular complexity index is 1200. The molecule has 1 N–H and O–H groups in total. The van der Waals surface area contributed by atoms with E-state index in [-0.39, 0.29) is 22.9 Å². The fourth-order valence-electron chi connectivity index (χ4n) is 3.16. The number of fused-ring (bicyclic) bond motifs is 1. The fourth-order valence-corrected chi connectivity index (χ4v) is 4.63. The van der Waals surface area contributed by atoms with Crippen molar-refractivity contribution in [3.63, 3.8) is 0 Å². The third-order valence-electron chi connectivity index (χ3n) is 4.97. The second-order valence-electron chi connectivity index (χ2n) is 9.24. The number of hydrogen-bond donors (Lipinski definition) is 1. The van der Waals surface area contributed by atoms with E-state index >= 15 is 0 Å². The summed E-state index contributed by atoms with van der Waals surface area (Å²) in [4.78, 5) is 12.1. The molecule has 0 saturated heterocycles. The molecule has 0 aliphatic carbocycles. The molecule has 33 heavy (non-hydrogen) atoms. The summed E-state index contributed by atoms with van der Waals surface area (Å²) in [6.07, 6.45) is -1.47. The molecular weight excluding hydrogens is 449 g/mol. The van der Waals surface area contributed by atoms with Gasteiger partial charge in [-0.2, -0.15) is 5.26 Å². The minimum Gasteiger partial charge on any atom is -0.485 e. The van der Waals surface area contributed by atoms with Crippen molar-refractivity contribution < 1.29 is 27.1 Å². The van der Waals surface area contributed by atoms with Gasteiger partial charge < -0.3 is 9.47 Å². The van der Waals surface area contributed by atoms with Gasteiger partial charge >= 0.3 is 6.09 Å². The second kappa shape index (κ2) is 8.56. The SMILES string of the molecule is CC(C)(C)OC(=O)Nc1ccc2c(c1)N(S(=O)(=O)c1ccc(F)cc1)CC(C(C)(C)C#N)O2. The van der Waals surface area contributed by atoms with E-state index in [1.165, 1.54) is 24.3 Å². The van der Waals surface area contributed by atoms with Gasteiger partial charge in [-0.25, -0.2) is 17.6 Å². The number of halogens is 1. The molecule has 176 valence electrons. The molecule has 1 unspecified atom stereocenters. The number of rotatable bonds is 4. The Balaban J connectivity index is 2.05. The Morgan fingerprint density at radius 3 is 2.39 bits per heavy atom. The summed E-state index contributed by atoms with van der Waals surface area (Å²) in [5.41, 5.74) is -1.24. The summed E-state index contributed by atoms with van der Waals surface area (Å²) in [6.45, 7) is 8.33. The summed E-state index contributed by atoms with van der Waals surface area (Å²) >= 11 is 0. The Kier molecular flexibility index (Phi) is 6.31. The van der Waals surface area contributed by atoms with Crippen LogP contribution in [-0.4, -0.2) is 32.8 Å². The number of nitrogens with one attached hydrogen (secondary N) is 1. The van der Waals surface area contributed by atoms with Crippen LogP contribution in [0.3, 0.4) is 0 Å². The van der Waals surface area contributed by atoms with Gasteiger partial charge in [0.1, 0.15) is 23.3 Å². The molecule has 1 heterocycles. The minimum atomic E-state index is -4.13. The van der Waals surface area contributed by atoms with Crippen LogP contribution in [0, 0.1) is 22.6 Å². The van der Waals surface area contributed by atoms with Crippen molar-refractivity contribution in [2.24, 2.45) is 5.41 Å². The summed E-state index contributed by atoms with van der Waals surface area (Å²) in [7, 11) is -4.13. The summed E-state index contributed by atoms with van der Waals surface area (Å²) in [5.74, 6) is -0.335. The molecule has 1 aliphatic rings. The van der Waals surface area contributed by atoms with E-state index in [2.05, 4.69) is 11.4 Å². The molecule has 3 rings (SSSR count). The zero-order valence-electron chi connectivity index (χ0n) is 19.0. The number of benzene rings is 2. The lowest BCUT2D eigenvalue weighted by Crippen LogP contribution is -2.49. The maximum Gasteiger partial charge on any atom is 0.412 e. The zero-order valence-corrected chi connectivity index (χ0v) is 19.9. The molecule has 8 nitrogen and oxygen atoms in total. The van der Waals surface area contributed by atoms with E-state index in [4.69, 9.17) is 9.47 Å². The van der Waals surface area contributed by atoms with Crippen LogP contribution in [0.5, 0.6) is 5.75 Å². The largest absolute Gasteiger partial charge is 0.485 e. The van der Waals surface area contributed by atoms with Crippen molar-refractivity contribution in [3.05, 3.63) is 48.3 Å². The van der Waals surface area contributed by atoms with E-state index in [0.29, 0.717) is 5.69 Å². The maximum absolute atomic E-state index is 13.5. The Labute approximate surface area is 193 Å². The third kappa shape index (κ3) is 5.37. The predicted octanol–water partition coefficient (Wildman–Crippen LogP) is 4.68. The van der Waals surface area contributed by atoms with Crippen LogP contribution in [-0.2, 0) is 14.8 Å². The van der Waals surface area contributed by atoms with Crippen molar-refractivity contribution in [1.29, 1.82) is 5.26 Å². The van der Waals surface area contributed by atoms with Gasteiger partial charge in [0.15, 0.2) is 0 Å². The maximum atomic E-state index is 13.5. The van der Waals surface area contributed by atoms with Crippen molar-refractivity contribution in [1.82, 2.24) is 0 Å². The minimum absolute atomic E-state index is 0.115. The highest BCUT2D eigenvalue weighted by Gasteiger charge is 2.42. The molecule has 2 aromatic rings. The van der Waals surface area contributed by atoms with Crippen LogP contribution in [0.2, 0.25) is 0 Å². The van der Waals surface area contributed by atoms with Gasteiger partial charge in [-0.1, -0.05) is 0 Å². The lowest BCUT2D eigenvalue weighted by Gasteiger charge is -2.39. The molecule has 0 aromatic heterocycles. The Morgan fingerprint density at radius 2 is 1.82 bits per heavy atom. The molecule has 0 spiro atoms. The van der Waals surface area contributed by atoms with Gasteiger partial charge in [0, 0.05) is 5.69 Å².